The van der Waals surface area contributed by atoms with Crippen molar-refractivity contribution in [3.05, 3.63) is 30.1 Å². The van der Waals surface area contributed by atoms with Gasteiger partial charge in [0.25, 0.3) is 0 Å². The molecule has 0 saturated carbocycles. The molecule has 0 spiro atoms. The fourth-order valence-corrected chi connectivity index (χ4v) is 1.02. The molecule has 0 heterocycles. The Morgan fingerprint density at radius 3 is 2.67 bits per heavy atom. The van der Waals surface area contributed by atoms with E-state index in [1.54, 1.807) is 12.1 Å². The molecule has 0 aliphatic rings. The van der Waals surface area contributed by atoms with Crippen LogP contribution in [0.3, 0.4) is 0 Å². The Morgan fingerprint density at radius 2 is 2.07 bits per heavy atom. The predicted molar refractivity (Wildman–Crippen MR) is 54.5 cm³/mol. The summed E-state index contributed by atoms with van der Waals surface area (Å²) in [5.74, 6) is 0.493. The number of halogens is 1. The Bertz CT molecular complexity index is 325. The first-order chi connectivity index (χ1) is 7.22. The van der Waals surface area contributed by atoms with Gasteiger partial charge in [-0.05, 0) is 30.7 Å². The van der Waals surface area contributed by atoms with Crippen LogP contribution in [0.4, 0.5) is 4.39 Å². The zero-order valence-corrected chi connectivity index (χ0v) is 8.19. The van der Waals surface area contributed by atoms with Gasteiger partial charge in [0.05, 0.1) is 6.61 Å². The monoisotopic (exact) mass is 212 g/mol. The first kappa shape index (κ1) is 11.3. The van der Waals surface area contributed by atoms with E-state index >= 15 is 0 Å². The number of nitrogens with two attached hydrogens (primary N) is 1. The van der Waals surface area contributed by atoms with Gasteiger partial charge < -0.3 is 15.7 Å². The van der Waals surface area contributed by atoms with Crippen LogP contribution in [-0.4, -0.2) is 17.6 Å². The van der Waals surface area contributed by atoms with Crippen molar-refractivity contribution in [2.75, 3.05) is 6.61 Å². The van der Waals surface area contributed by atoms with Crippen molar-refractivity contribution in [3.63, 3.8) is 0 Å². The quantitative estimate of drug-likeness (QED) is 0.257. The molecular weight excluding hydrogens is 199 g/mol. The van der Waals surface area contributed by atoms with E-state index in [1.807, 2.05) is 0 Å². The minimum absolute atomic E-state index is 0.178. The summed E-state index contributed by atoms with van der Waals surface area (Å²) in [6.45, 7) is 0.446. The highest BCUT2D eigenvalue weighted by molar-refractivity contribution is 5.79. The fraction of sp³-hybridized carbons (Fsp3) is 0.300. The molecule has 4 nitrogen and oxygen atoms in total. The van der Waals surface area contributed by atoms with Gasteiger partial charge in [-0.25, -0.2) is 4.39 Å². The molecule has 82 valence electrons. The second-order valence-corrected chi connectivity index (χ2v) is 3.00. The summed E-state index contributed by atoms with van der Waals surface area (Å²) in [6.07, 6.45) is 1.12. The van der Waals surface area contributed by atoms with E-state index in [9.17, 15) is 4.39 Å². The third-order valence-electron chi connectivity index (χ3n) is 1.79. The van der Waals surface area contributed by atoms with Crippen molar-refractivity contribution < 1.29 is 14.3 Å². The smallest absolute Gasteiger partial charge is 0.139 e. The molecule has 1 aromatic rings. The lowest BCUT2D eigenvalue weighted by atomic mass is 10.3. The van der Waals surface area contributed by atoms with Crippen molar-refractivity contribution in [1.29, 1.82) is 0 Å². The van der Waals surface area contributed by atoms with E-state index < -0.39 is 0 Å². The predicted octanol–water partition coefficient (Wildman–Crippen LogP) is 1.73. The number of hydrogen-bond donors (Lipinski definition) is 2. The molecule has 0 fully saturated rings. The summed E-state index contributed by atoms with van der Waals surface area (Å²) < 4.78 is 17.8. The largest absolute Gasteiger partial charge is 0.494 e. The van der Waals surface area contributed by atoms with Gasteiger partial charge in [-0.3, -0.25) is 0 Å². The van der Waals surface area contributed by atoms with Crippen molar-refractivity contribution in [2.24, 2.45) is 10.9 Å². The molecule has 0 bridgehead atoms. The van der Waals surface area contributed by atoms with Gasteiger partial charge in [0.15, 0.2) is 0 Å². The molecule has 0 aliphatic carbocycles. The maximum Gasteiger partial charge on any atom is 0.139 e. The van der Waals surface area contributed by atoms with E-state index in [-0.39, 0.29) is 11.7 Å². The average Bonchev–Trinajstić information content (AvgIpc) is 2.26. The fourth-order valence-electron chi connectivity index (χ4n) is 1.02. The normalized spacial score (nSPS) is 11.4. The van der Waals surface area contributed by atoms with Gasteiger partial charge in [0.2, 0.25) is 0 Å². The Kier molecular flexibility index (Phi) is 4.40. The third-order valence-corrected chi connectivity index (χ3v) is 1.79. The summed E-state index contributed by atoms with van der Waals surface area (Å²) in [6, 6.07) is 5.77. The summed E-state index contributed by atoms with van der Waals surface area (Å²) in [5, 5.41) is 11.1. The Morgan fingerprint density at radius 1 is 1.40 bits per heavy atom. The molecule has 1 rings (SSSR count). The second-order valence-electron chi connectivity index (χ2n) is 3.00. The second kappa shape index (κ2) is 5.85. The minimum atomic E-state index is -0.293. The van der Waals surface area contributed by atoms with Gasteiger partial charge in [-0.1, -0.05) is 5.16 Å². The number of amidine groups is 1. The lowest BCUT2D eigenvalue weighted by Gasteiger charge is -2.04. The summed E-state index contributed by atoms with van der Waals surface area (Å²) in [4.78, 5) is 0. The first-order valence-electron chi connectivity index (χ1n) is 4.57. The summed E-state index contributed by atoms with van der Waals surface area (Å²) in [7, 11) is 0. The zero-order chi connectivity index (χ0) is 11.1. The van der Waals surface area contributed by atoms with Crippen molar-refractivity contribution >= 4 is 5.84 Å². The highest BCUT2D eigenvalue weighted by Gasteiger charge is 1.96. The number of rotatable bonds is 5. The molecule has 0 amide bonds. The van der Waals surface area contributed by atoms with E-state index in [0.717, 1.165) is 0 Å². The van der Waals surface area contributed by atoms with Gasteiger partial charge in [0, 0.05) is 6.42 Å². The Balaban J connectivity index is 2.23. The molecule has 0 aliphatic heterocycles. The molecule has 0 radical (unpaired) electrons. The molecular formula is C10H13FN2O2. The summed E-state index contributed by atoms with van der Waals surface area (Å²) >= 11 is 0. The van der Waals surface area contributed by atoms with E-state index in [0.29, 0.717) is 25.2 Å². The molecule has 1 aromatic carbocycles. The van der Waals surface area contributed by atoms with Crippen LogP contribution in [0.25, 0.3) is 0 Å². The van der Waals surface area contributed by atoms with E-state index in [1.165, 1.54) is 12.1 Å². The van der Waals surface area contributed by atoms with Crippen molar-refractivity contribution in [3.8, 4) is 5.75 Å². The molecule has 0 aromatic heterocycles. The van der Waals surface area contributed by atoms with Gasteiger partial charge in [0.1, 0.15) is 17.4 Å². The molecule has 3 N–H and O–H groups in total. The Labute approximate surface area is 87.2 Å². The van der Waals surface area contributed by atoms with Gasteiger partial charge in [-0.15, -0.1) is 0 Å². The number of hydrogen-bond acceptors (Lipinski definition) is 3. The summed E-state index contributed by atoms with van der Waals surface area (Å²) in [5.41, 5.74) is 5.27. The standard InChI is InChI=1S/C10H13FN2O2/c11-8-3-5-9(6-4-8)15-7-1-2-10(12)13-14/h3-6,14H,1-2,7H2,(H2,12,13). The maximum absolute atomic E-state index is 12.5. The highest BCUT2D eigenvalue weighted by Crippen LogP contribution is 2.11. The van der Waals surface area contributed by atoms with Gasteiger partial charge in [-0.2, -0.15) is 0 Å². The van der Waals surface area contributed by atoms with Crippen LogP contribution in [-0.2, 0) is 0 Å². The van der Waals surface area contributed by atoms with E-state index in [2.05, 4.69) is 5.16 Å². The van der Waals surface area contributed by atoms with Crippen LogP contribution in [0.1, 0.15) is 12.8 Å². The number of benzene rings is 1. The first-order valence-corrected chi connectivity index (χ1v) is 4.57. The molecule has 0 unspecified atom stereocenters. The average molecular weight is 212 g/mol. The maximum atomic E-state index is 12.5. The SMILES string of the molecule is N/C(CCCOc1ccc(F)cc1)=N\O. The zero-order valence-electron chi connectivity index (χ0n) is 8.19. The molecule has 0 saturated heterocycles. The Hall–Kier alpha value is -1.78. The topological polar surface area (TPSA) is 67.8 Å². The van der Waals surface area contributed by atoms with Crippen LogP contribution >= 0.6 is 0 Å². The van der Waals surface area contributed by atoms with Crippen molar-refractivity contribution in [2.45, 2.75) is 12.8 Å². The van der Waals surface area contributed by atoms with Crippen LogP contribution in [0.5, 0.6) is 5.75 Å². The van der Waals surface area contributed by atoms with Crippen molar-refractivity contribution in [1.82, 2.24) is 0 Å². The van der Waals surface area contributed by atoms with Crippen LogP contribution < -0.4 is 10.5 Å². The lowest BCUT2D eigenvalue weighted by Crippen LogP contribution is -2.12. The molecule has 15 heavy (non-hydrogen) atoms. The van der Waals surface area contributed by atoms with Gasteiger partial charge >= 0.3 is 0 Å². The van der Waals surface area contributed by atoms with Crippen LogP contribution in [0, 0.1) is 5.82 Å². The van der Waals surface area contributed by atoms with E-state index in [4.69, 9.17) is 15.7 Å². The number of nitrogens with zero attached hydrogens (tertiary/aromatic N) is 1. The van der Waals surface area contributed by atoms with Crippen LogP contribution in [0.15, 0.2) is 29.4 Å². The highest BCUT2D eigenvalue weighted by atomic mass is 19.1. The minimum Gasteiger partial charge on any atom is -0.494 e. The molecule has 5 heteroatoms. The third kappa shape index (κ3) is 4.30. The number of oxime groups is 1. The number of ether oxygens (including phenoxy) is 1. The molecule has 0 atom stereocenters. The van der Waals surface area contributed by atoms with Crippen LogP contribution in [0.2, 0.25) is 0 Å². The lowest BCUT2D eigenvalue weighted by molar-refractivity contribution is 0.305.